The summed E-state index contributed by atoms with van der Waals surface area (Å²) in [7, 11) is 3.20. The van der Waals surface area contributed by atoms with Crippen molar-refractivity contribution in [1.82, 2.24) is 5.32 Å². The van der Waals surface area contributed by atoms with Crippen molar-refractivity contribution >= 4 is 18.3 Å². The van der Waals surface area contributed by atoms with Crippen molar-refractivity contribution in [2.45, 2.75) is 38.3 Å². The van der Waals surface area contributed by atoms with Crippen LogP contribution >= 0.6 is 12.4 Å². The molecule has 5 nitrogen and oxygen atoms in total. The molecule has 0 bridgehead atoms. The van der Waals surface area contributed by atoms with Crippen molar-refractivity contribution in [2.24, 2.45) is 5.73 Å². The fourth-order valence-electron chi connectivity index (χ4n) is 2.24. The molecule has 0 aromatic heterocycles. The van der Waals surface area contributed by atoms with Gasteiger partial charge in [0.2, 0.25) is 5.91 Å². The van der Waals surface area contributed by atoms with E-state index in [9.17, 15) is 4.79 Å². The number of halogens is 1. The van der Waals surface area contributed by atoms with E-state index >= 15 is 0 Å². The van der Waals surface area contributed by atoms with Crippen LogP contribution in [-0.2, 0) is 4.79 Å². The molecule has 1 aromatic carbocycles. The maximum atomic E-state index is 12.0. The van der Waals surface area contributed by atoms with Crippen LogP contribution in [0.1, 0.15) is 36.9 Å². The van der Waals surface area contributed by atoms with Gasteiger partial charge in [-0.25, -0.2) is 0 Å². The molecule has 1 aromatic rings. The first-order valence-electron chi connectivity index (χ1n) is 6.73. The van der Waals surface area contributed by atoms with E-state index in [1.165, 1.54) is 0 Å². The summed E-state index contributed by atoms with van der Waals surface area (Å²) >= 11 is 0. The first-order valence-corrected chi connectivity index (χ1v) is 6.73. The van der Waals surface area contributed by atoms with Gasteiger partial charge in [0.1, 0.15) is 0 Å². The highest BCUT2D eigenvalue weighted by atomic mass is 35.5. The van der Waals surface area contributed by atoms with E-state index in [1.807, 2.05) is 26.0 Å². The van der Waals surface area contributed by atoms with E-state index < -0.39 is 5.54 Å². The fourth-order valence-corrected chi connectivity index (χ4v) is 2.24. The number of ether oxygens (including phenoxy) is 2. The van der Waals surface area contributed by atoms with Crippen LogP contribution in [0.2, 0.25) is 0 Å². The monoisotopic (exact) mass is 314 g/mol. The van der Waals surface area contributed by atoms with Gasteiger partial charge in [0.15, 0.2) is 11.5 Å². The van der Waals surface area contributed by atoms with Crippen molar-refractivity contribution in [3.05, 3.63) is 23.3 Å². The molecule has 1 atom stereocenters. The van der Waals surface area contributed by atoms with Gasteiger partial charge in [-0.3, -0.25) is 4.79 Å². The molecule has 118 valence electrons. The normalized spacial score (nSPS) is 16.4. The third-order valence-corrected chi connectivity index (χ3v) is 3.83. The van der Waals surface area contributed by atoms with Gasteiger partial charge < -0.3 is 20.5 Å². The van der Waals surface area contributed by atoms with Crippen LogP contribution in [0.25, 0.3) is 0 Å². The number of methoxy groups -OCH3 is 2. The molecule has 6 heteroatoms. The molecular formula is C15H23ClN2O3. The second-order valence-corrected chi connectivity index (χ2v) is 5.42. The van der Waals surface area contributed by atoms with E-state index in [2.05, 4.69) is 5.32 Å². The molecule has 0 heterocycles. The van der Waals surface area contributed by atoms with Crippen molar-refractivity contribution in [1.29, 1.82) is 0 Å². The largest absolute Gasteiger partial charge is 0.493 e. The molecule has 0 aliphatic heterocycles. The SMILES string of the molecule is COc1cc(C)c(C(C)NC(=O)C2(N)CC2)cc1OC.Cl. The Labute approximate surface area is 131 Å². The third kappa shape index (κ3) is 3.60. The van der Waals surface area contributed by atoms with Crippen molar-refractivity contribution in [3.63, 3.8) is 0 Å². The average Bonchev–Trinajstić information content (AvgIpc) is 3.17. The summed E-state index contributed by atoms with van der Waals surface area (Å²) in [6.45, 7) is 3.92. The number of hydrogen-bond acceptors (Lipinski definition) is 4. The number of aryl methyl sites for hydroxylation is 1. The molecule has 0 spiro atoms. The molecule has 0 saturated heterocycles. The van der Waals surface area contributed by atoms with Crippen molar-refractivity contribution < 1.29 is 14.3 Å². The number of benzene rings is 1. The number of rotatable bonds is 5. The average molecular weight is 315 g/mol. The molecule has 1 aliphatic rings. The quantitative estimate of drug-likeness (QED) is 0.873. The summed E-state index contributed by atoms with van der Waals surface area (Å²) in [5, 5.41) is 2.97. The molecular weight excluding hydrogens is 292 g/mol. The van der Waals surface area contributed by atoms with Gasteiger partial charge in [-0.1, -0.05) is 0 Å². The second-order valence-electron chi connectivity index (χ2n) is 5.42. The highest BCUT2D eigenvalue weighted by Crippen LogP contribution is 2.35. The van der Waals surface area contributed by atoms with Crippen LogP contribution < -0.4 is 20.5 Å². The topological polar surface area (TPSA) is 73.6 Å². The Balaban J connectivity index is 0.00000220. The third-order valence-electron chi connectivity index (χ3n) is 3.83. The lowest BCUT2D eigenvalue weighted by Gasteiger charge is -2.20. The Kier molecular flexibility index (Phi) is 5.48. The zero-order valence-electron chi connectivity index (χ0n) is 12.9. The molecule has 1 fully saturated rings. The number of nitrogens with one attached hydrogen (secondary N) is 1. The van der Waals surface area contributed by atoms with Crippen molar-refractivity contribution in [2.75, 3.05) is 14.2 Å². The molecule has 1 unspecified atom stereocenters. The predicted molar refractivity (Wildman–Crippen MR) is 84.2 cm³/mol. The molecule has 1 aliphatic carbocycles. The lowest BCUT2D eigenvalue weighted by Crippen LogP contribution is -2.43. The first kappa shape index (κ1) is 17.6. The molecule has 1 saturated carbocycles. The first-order chi connectivity index (χ1) is 9.41. The molecule has 1 amide bonds. The lowest BCUT2D eigenvalue weighted by molar-refractivity contribution is -0.123. The summed E-state index contributed by atoms with van der Waals surface area (Å²) < 4.78 is 10.6. The maximum Gasteiger partial charge on any atom is 0.240 e. The van der Waals surface area contributed by atoms with Crippen LogP contribution in [0.5, 0.6) is 11.5 Å². The van der Waals surface area contributed by atoms with Gasteiger partial charge in [-0.15, -0.1) is 12.4 Å². The van der Waals surface area contributed by atoms with E-state index in [0.29, 0.717) is 11.5 Å². The van der Waals surface area contributed by atoms with Gasteiger partial charge in [0.05, 0.1) is 25.8 Å². The Morgan fingerprint density at radius 2 is 1.81 bits per heavy atom. The van der Waals surface area contributed by atoms with Gasteiger partial charge in [0, 0.05) is 0 Å². The van der Waals surface area contributed by atoms with Crippen LogP contribution in [0, 0.1) is 6.92 Å². The molecule has 21 heavy (non-hydrogen) atoms. The Bertz CT molecular complexity index is 530. The van der Waals surface area contributed by atoms with Crippen LogP contribution in [0.4, 0.5) is 0 Å². The van der Waals surface area contributed by atoms with Crippen LogP contribution in [0.3, 0.4) is 0 Å². The van der Waals surface area contributed by atoms with Gasteiger partial charge in [-0.05, 0) is 49.9 Å². The second kappa shape index (κ2) is 6.54. The lowest BCUT2D eigenvalue weighted by atomic mass is 10.0. The number of hydrogen-bond donors (Lipinski definition) is 2. The summed E-state index contributed by atoms with van der Waals surface area (Å²) in [6.07, 6.45) is 1.52. The number of nitrogens with two attached hydrogens (primary N) is 1. The van der Waals surface area contributed by atoms with Crippen LogP contribution in [-0.4, -0.2) is 25.7 Å². The smallest absolute Gasteiger partial charge is 0.240 e. The van der Waals surface area contributed by atoms with E-state index in [1.54, 1.807) is 14.2 Å². The van der Waals surface area contributed by atoms with Crippen molar-refractivity contribution in [3.8, 4) is 11.5 Å². The summed E-state index contributed by atoms with van der Waals surface area (Å²) in [6, 6.07) is 3.68. The van der Waals surface area contributed by atoms with Gasteiger partial charge >= 0.3 is 0 Å². The van der Waals surface area contributed by atoms with Gasteiger partial charge in [-0.2, -0.15) is 0 Å². The summed E-state index contributed by atoms with van der Waals surface area (Å²) in [4.78, 5) is 12.0. The number of carbonyl (C=O) groups is 1. The minimum absolute atomic E-state index is 0. The summed E-state index contributed by atoms with van der Waals surface area (Å²) in [5.41, 5.74) is 7.28. The Morgan fingerprint density at radius 1 is 1.29 bits per heavy atom. The minimum Gasteiger partial charge on any atom is -0.493 e. The molecule has 0 radical (unpaired) electrons. The standard InChI is InChI=1S/C15H22N2O3.ClH/c1-9-7-12(19-3)13(20-4)8-11(9)10(2)17-14(18)15(16)5-6-15;/h7-8,10H,5-6,16H2,1-4H3,(H,17,18);1H. The number of amides is 1. The zero-order valence-corrected chi connectivity index (χ0v) is 13.7. The zero-order chi connectivity index (χ0) is 14.9. The highest BCUT2D eigenvalue weighted by molar-refractivity contribution is 5.89. The maximum absolute atomic E-state index is 12.0. The fraction of sp³-hybridized carbons (Fsp3) is 0.533. The van der Waals surface area contributed by atoms with Gasteiger partial charge in [0.25, 0.3) is 0 Å². The van der Waals surface area contributed by atoms with E-state index in [4.69, 9.17) is 15.2 Å². The highest BCUT2D eigenvalue weighted by Gasteiger charge is 2.46. The predicted octanol–water partition coefficient (Wildman–Crippen LogP) is 2.10. The molecule has 2 rings (SSSR count). The number of carbonyl (C=O) groups excluding carboxylic acids is 1. The van der Waals surface area contributed by atoms with Crippen LogP contribution in [0.15, 0.2) is 12.1 Å². The Hall–Kier alpha value is -1.46. The van der Waals surface area contributed by atoms with E-state index in [0.717, 1.165) is 24.0 Å². The summed E-state index contributed by atoms with van der Waals surface area (Å²) in [5.74, 6) is 1.26. The minimum atomic E-state index is -0.654. The molecule has 3 N–H and O–H groups in total. The van der Waals surface area contributed by atoms with E-state index in [-0.39, 0.29) is 24.4 Å². The Morgan fingerprint density at radius 3 is 2.29 bits per heavy atom.